The Morgan fingerprint density at radius 2 is 1.81 bits per heavy atom. The molecule has 0 amide bonds. The third-order valence-electron chi connectivity index (χ3n) is 4.50. The van der Waals surface area contributed by atoms with E-state index in [1.807, 2.05) is 0 Å². The number of likely N-dealkylation sites (N-methyl/N-ethyl adjacent to an activating group) is 1. The molecule has 26 heavy (non-hydrogen) atoms. The summed E-state index contributed by atoms with van der Waals surface area (Å²) in [7, 11) is 3.83. The molecule has 0 aliphatic carbocycles. The molecule has 1 fully saturated rings. The summed E-state index contributed by atoms with van der Waals surface area (Å²) in [6, 6.07) is 5.17. The fourth-order valence-electron chi connectivity index (χ4n) is 2.87. The molecule has 0 radical (unpaired) electrons. The number of halogens is 3. The Balaban J connectivity index is 1.72. The van der Waals surface area contributed by atoms with E-state index in [9.17, 15) is 13.2 Å². The quantitative estimate of drug-likeness (QED) is 0.614. The Bertz CT molecular complexity index is 571. The first-order valence-electron chi connectivity index (χ1n) is 8.90. The van der Waals surface area contributed by atoms with Gasteiger partial charge in [-0.1, -0.05) is 12.1 Å². The predicted molar refractivity (Wildman–Crippen MR) is 98.2 cm³/mol. The van der Waals surface area contributed by atoms with Gasteiger partial charge in [0.1, 0.15) is 0 Å². The van der Waals surface area contributed by atoms with Crippen LogP contribution in [0.5, 0.6) is 0 Å². The molecular weight excluding hydrogens is 343 g/mol. The van der Waals surface area contributed by atoms with E-state index >= 15 is 0 Å². The van der Waals surface area contributed by atoms with Crippen molar-refractivity contribution in [2.24, 2.45) is 4.99 Å². The molecule has 1 heterocycles. The number of alkyl halides is 3. The smallest absolute Gasteiger partial charge is 0.355 e. The van der Waals surface area contributed by atoms with Gasteiger partial charge in [0.25, 0.3) is 0 Å². The molecule has 0 bridgehead atoms. The van der Waals surface area contributed by atoms with Crippen LogP contribution in [0.25, 0.3) is 0 Å². The number of rotatable bonds is 5. The number of hydrogen-bond acceptors (Lipinski definition) is 3. The molecule has 8 heteroatoms. The van der Waals surface area contributed by atoms with Crippen LogP contribution in [0.15, 0.2) is 29.3 Å². The first-order chi connectivity index (χ1) is 12.4. The van der Waals surface area contributed by atoms with Gasteiger partial charge in [0.2, 0.25) is 0 Å². The fourth-order valence-corrected chi connectivity index (χ4v) is 2.87. The van der Waals surface area contributed by atoms with Crippen LogP contribution in [-0.2, 0) is 12.7 Å². The highest BCUT2D eigenvalue weighted by molar-refractivity contribution is 5.79. The van der Waals surface area contributed by atoms with Gasteiger partial charge in [0.05, 0.1) is 5.56 Å². The molecule has 1 aliphatic heterocycles. The van der Waals surface area contributed by atoms with Gasteiger partial charge < -0.3 is 20.4 Å². The second-order valence-corrected chi connectivity index (χ2v) is 6.55. The average Bonchev–Trinajstić information content (AvgIpc) is 2.82. The van der Waals surface area contributed by atoms with Gasteiger partial charge in [0.15, 0.2) is 5.96 Å². The van der Waals surface area contributed by atoms with Crippen molar-refractivity contribution in [1.82, 2.24) is 20.4 Å². The fraction of sp³-hybridized carbons (Fsp3) is 0.611. The van der Waals surface area contributed by atoms with Gasteiger partial charge in [-0.2, -0.15) is 13.2 Å². The van der Waals surface area contributed by atoms with Crippen molar-refractivity contribution in [3.05, 3.63) is 35.4 Å². The van der Waals surface area contributed by atoms with E-state index in [0.29, 0.717) is 12.5 Å². The lowest BCUT2D eigenvalue weighted by Crippen LogP contribution is -2.42. The summed E-state index contributed by atoms with van der Waals surface area (Å²) < 4.78 is 37.7. The molecule has 2 rings (SSSR count). The molecule has 5 nitrogen and oxygen atoms in total. The van der Waals surface area contributed by atoms with Gasteiger partial charge in [-0.25, -0.2) is 0 Å². The summed E-state index contributed by atoms with van der Waals surface area (Å²) in [5.74, 6) is 0.650. The van der Waals surface area contributed by atoms with Gasteiger partial charge in [-0.3, -0.25) is 4.99 Å². The van der Waals surface area contributed by atoms with E-state index < -0.39 is 11.7 Å². The zero-order valence-electron chi connectivity index (χ0n) is 15.4. The molecule has 0 aromatic heterocycles. The molecule has 1 aromatic carbocycles. The van der Waals surface area contributed by atoms with E-state index in [0.717, 1.165) is 57.0 Å². The molecule has 1 aliphatic rings. The summed E-state index contributed by atoms with van der Waals surface area (Å²) in [6.45, 7) is 6.53. The normalized spacial score (nSPS) is 17.8. The van der Waals surface area contributed by atoms with Crippen LogP contribution in [0.3, 0.4) is 0 Å². The monoisotopic (exact) mass is 371 g/mol. The molecular formula is C18H28F3N5. The molecule has 0 atom stereocenters. The average molecular weight is 371 g/mol. The van der Waals surface area contributed by atoms with Crippen LogP contribution in [0.2, 0.25) is 0 Å². The summed E-state index contributed by atoms with van der Waals surface area (Å²) in [6.07, 6.45) is -3.12. The lowest BCUT2D eigenvalue weighted by Gasteiger charge is -2.21. The second kappa shape index (κ2) is 9.78. The van der Waals surface area contributed by atoms with E-state index in [-0.39, 0.29) is 0 Å². The van der Waals surface area contributed by atoms with Crippen molar-refractivity contribution in [2.75, 3.05) is 53.4 Å². The largest absolute Gasteiger partial charge is 0.416 e. The van der Waals surface area contributed by atoms with Crippen LogP contribution in [0.1, 0.15) is 17.5 Å². The van der Waals surface area contributed by atoms with Crippen LogP contribution in [-0.4, -0.2) is 69.1 Å². The van der Waals surface area contributed by atoms with Gasteiger partial charge in [0, 0.05) is 39.8 Å². The Labute approximate surface area is 153 Å². The SMILES string of the molecule is CN=C(NCCN1CCCN(C)CC1)NCc1ccc(C(F)(F)F)cc1. The first-order valence-corrected chi connectivity index (χ1v) is 8.90. The molecule has 2 N–H and O–H groups in total. The minimum absolute atomic E-state index is 0.423. The van der Waals surface area contributed by atoms with E-state index in [4.69, 9.17) is 0 Å². The third-order valence-corrected chi connectivity index (χ3v) is 4.50. The molecule has 0 spiro atoms. The number of nitrogens with one attached hydrogen (secondary N) is 2. The topological polar surface area (TPSA) is 42.9 Å². The van der Waals surface area contributed by atoms with Crippen molar-refractivity contribution in [1.29, 1.82) is 0 Å². The van der Waals surface area contributed by atoms with Gasteiger partial charge in [-0.15, -0.1) is 0 Å². The number of nitrogens with zero attached hydrogens (tertiary/aromatic N) is 3. The van der Waals surface area contributed by atoms with Gasteiger partial charge in [-0.05, 0) is 44.3 Å². The predicted octanol–water partition coefficient (Wildman–Crippen LogP) is 2.01. The number of benzene rings is 1. The minimum Gasteiger partial charge on any atom is -0.355 e. The molecule has 146 valence electrons. The highest BCUT2D eigenvalue weighted by Crippen LogP contribution is 2.28. The zero-order valence-corrected chi connectivity index (χ0v) is 15.4. The van der Waals surface area contributed by atoms with E-state index in [2.05, 4.69) is 32.5 Å². The maximum atomic E-state index is 12.6. The van der Waals surface area contributed by atoms with E-state index in [1.165, 1.54) is 18.6 Å². The third kappa shape index (κ3) is 6.84. The van der Waals surface area contributed by atoms with Crippen molar-refractivity contribution in [3.63, 3.8) is 0 Å². The van der Waals surface area contributed by atoms with E-state index in [1.54, 1.807) is 7.05 Å². The Morgan fingerprint density at radius 3 is 2.46 bits per heavy atom. The molecule has 0 unspecified atom stereocenters. The minimum atomic E-state index is -4.30. The number of aliphatic imine (C=N–C) groups is 1. The summed E-state index contributed by atoms with van der Waals surface area (Å²) >= 11 is 0. The summed E-state index contributed by atoms with van der Waals surface area (Å²) in [5, 5.41) is 6.39. The maximum absolute atomic E-state index is 12.6. The molecule has 0 saturated carbocycles. The second-order valence-electron chi connectivity index (χ2n) is 6.55. The summed E-state index contributed by atoms with van der Waals surface area (Å²) in [4.78, 5) is 8.94. The van der Waals surface area contributed by atoms with Crippen LogP contribution in [0, 0.1) is 0 Å². The van der Waals surface area contributed by atoms with Crippen molar-refractivity contribution in [2.45, 2.75) is 19.1 Å². The Morgan fingerprint density at radius 1 is 1.08 bits per heavy atom. The lowest BCUT2D eigenvalue weighted by atomic mass is 10.1. The highest BCUT2D eigenvalue weighted by atomic mass is 19.4. The number of guanidine groups is 1. The number of hydrogen-bond donors (Lipinski definition) is 2. The van der Waals surface area contributed by atoms with Crippen molar-refractivity contribution < 1.29 is 13.2 Å². The van der Waals surface area contributed by atoms with Crippen molar-refractivity contribution in [3.8, 4) is 0 Å². The van der Waals surface area contributed by atoms with Crippen LogP contribution in [0.4, 0.5) is 13.2 Å². The first kappa shape index (κ1) is 20.5. The van der Waals surface area contributed by atoms with Crippen LogP contribution >= 0.6 is 0 Å². The maximum Gasteiger partial charge on any atom is 0.416 e. The van der Waals surface area contributed by atoms with Gasteiger partial charge >= 0.3 is 6.18 Å². The standard InChI is InChI=1S/C18H28F3N5/c1-22-17(23-8-11-26-10-3-9-25(2)12-13-26)24-14-15-4-6-16(7-5-15)18(19,20)21/h4-7H,3,8-14H2,1-2H3,(H2,22,23,24). The Kier molecular flexibility index (Phi) is 7.71. The molecule has 1 aromatic rings. The van der Waals surface area contributed by atoms with Crippen LogP contribution < -0.4 is 10.6 Å². The Hall–Kier alpha value is -1.80. The highest BCUT2D eigenvalue weighted by Gasteiger charge is 2.29. The zero-order chi connectivity index (χ0) is 19.0. The molecule has 1 saturated heterocycles. The summed E-state index contributed by atoms with van der Waals surface area (Å²) in [5.41, 5.74) is 0.142. The van der Waals surface area contributed by atoms with Crippen molar-refractivity contribution >= 4 is 5.96 Å². The lowest BCUT2D eigenvalue weighted by molar-refractivity contribution is -0.137.